The van der Waals surface area contributed by atoms with Gasteiger partial charge in [0.15, 0.2) is 5.69 Å². The van der Waals surface area contributed by atoms with Crippen LogP contribution >= 0.6 is 0 Å². The van der Waals surface area contributed by atoms with Gasteiger partial charge in [0.25, 0.3) is 11.8 Å². The van der Waals surface area contributed by atoms with Crippen LogP contribution in [0.1, 0.15) is 51.6 Å². The molecule has 2 heterocycles. The molecule has 0 saturated heterocycles. The van der Waals surface area contributed by atoms with E-state index in [4.69, 9.17) is 0 Å². The zero-order chi connectivity index (χ0) is 20.4. The number of nitrogens with one attached hydrogen (secondary N) is 2. The van der Waals surface area contributed by atoms with Crippen molar-refractivity contribution >= 4 is 23.0 Å². The minimum atomic E-state index is -0.348. The molecule has 28 heavy (non-hydrogen) atoms. The summed E-state index contributed by atoms with van der Waals surface area (Å²) in [5, 5.41) is 5.83. The number of imidazole rings is 1. The van der Waals surface area contributed by atoms with Crippen LogP contribution in [0.3, 0.4) is 0 Å². The average Bonchev–Trinajstić information content (AvgIpc) is 3.02. The number of nitrogens with zero attached hydrogens (tertiary/aromatic N) is 2. The number of aryl methyl sites for hydroxylation is 3. The van der Waals surface area contributed by atoms with Gasteiger partial charge in [0.1, 0.15) is 0 Å². The van der Waals surface area contributed by atoms with Crippen molar-refractivity contribution in [2.45, 2.75) is 34.6 Å². The quantitative estimate of drug-likeness (QED) is 0.707. The highest BCUT2D eigenvalue weighted by Gasteiger charge is 2.22. The van der Waals surface area contributed by atoms with E-state index in [1.54, 1.807) is 16.7 Å². The Morgan fingerprint density at radius 3 is 2.39 bits per heavy atom. The van der Waals surface area contributed by atoms with E-state index in [9.17, 15) is 9.59 Å². The van der Waals surface area contributed by atoms with Crippen LogP contribution < -0.4 is 10.6 Å². The number of anilines is 1. The van der Waals surface area contributed by atoms with E-state index in [1.807, 2.05) is 58.9 Å². The SMILES string of the molecule is Cc1cc(C)c(NC(=O)c2nc(C(=O)NCC(C)C)c3ccccn23)c(C)c1. The number of carbonyl (C=O) groups is 2. The molecule has 0 atom stereocenters. The van der Waals surface area contributed by atoms with Crippen molar-refractivity contribution in [2.24, 2.45) is 5.92 Å². The summed E-state index contributed by atoms with van der Waals surface area (Å²) in [4.78, 5) is 30.0. The molecule has 0 aliphatic rings. The van der Waals surface area contributed by atoms with Crippen LogP contribution in [0.5, 0.6) is 0 Å². The van der Waals surface area contributed by atoms with Crippen LogP contribution in [-0.4, -0.2) is 27.7 Å². The lowest BCUT2D eigenvalue weighted by Crippen LogP contribution is -2.27. The van der Waals surface area contributed by atoms with Gasteiger partial charge >= 0.3 is 0 Å². The second kappa shape index (κ2) is 7.84. The lowest BCUT2D eigenvalue weighted by atomic mass is 10.1. The summed E-state index contributed by atoms with van der Waals surface area (Å²) in [6.07, 6.45) is 1.74. The van der Waals surface area contributed by atoms with Gasteiger partial charge in [-0.05, 0) is 49.9 Å². The highest BCUT2D eigenvalue weighted by molar-refractivity contribution is 6.06. The Balaban J connectivity index is 1.97. The van der Waals surface area contributed by atoms with E-state index in [1.165, 1.54) is 0 Å². The molecule has 2 N–H and O–H groups in total. The number of aromatic nitrogens is 2. The fourth-order valence-electron chi connectivity index (χ4n) is 3.29. The summed E-state index contributed by atoms with van der Waals surface area (Å²) in [5.74, 6) is -0.115. The normalized spacial score (nSPS) is 11.1. The van der Waals surface area contributed by atoms with Crippen LogP contribution in [0.15, 0.2) is 36.5 Å². The average molecular weight is 378 g/mol. The largest absolute Gasteiger partial charge is 0.350 e. The minimum absolute atomic E-state index is 0.185. The molecule has 6 heteroatoms. The van der Waals surface area contributed by atoms with Crippen molar-refractivity contribution < 1.29 is 9.59 Å². The Morgan fingerprint density at radius 1 is 1.07 bits per heavy atom. The first kappa shape index (κ1) is 19.6. The fraction of sp³-hybridized carbons (Fsp3) is 0.318. The van der Waals surface area contributed by atoms with Crippen LogP contribution in [0.25, 0.3) is 5.52 Å². The predicted octanol–water partition coefficient (Wildman–Crippen LogP) is 3.90. The number of hydrogen-bond acceptors (Lipinski definition) is 3. The Morgan fingerprint density at radius 2 is 1.75 bits per heavy atom. The number of fused-ring (bicyclic) bond motifs is 1. The molecular formula is C22H26N4O2. The van der Waals surface area contributed by atoms with Crippen molar-refractivity contribution in [2.75, 3.05) is 11.9 Å². The molecule has 0 fully saturated rings. The third-order valence-corrected chi connectivity index (χ3v) is 4.55. The van der Waals surface area contributed by atoms with Gasteiger partial charge in [0.2, 0.25) is 5.82 Å². The zero-order valence-corrected chi connectivity index (χ0v) is 17.0. The maximum absolute atomic E-state index is 13.0. The Hall–Kier alpha value is -3.15. The van der Waals surface area contributed by atoms with Crippen LogP contribution in [0, 0.1) is 26.7 Å². The first-order valence-electron chi connectivity index (χ1n) is 9.42. The molecule has 3 rings (SSSR count). The number of carbonyl (C=O) groups excluding carboxylic acids is 2. The highest BCUT2D eigenvalue weighted by atomic mass is 16.2. The van der Waals surface area contributed by atoms with Crippen LogP contribution in [-0.2, 0) is 0 Å². The van der Waals surface area contributed by atoms with Crippen molar-refractivity contribution in [3.05, 3.63) is 64.7 Å². The van der Waals surface area contributed by atoms with Crippen LogP contribution in [0.4, 0.5) is 5.69 Å². The predicted molar refractivity (Wildman–Crippen MR) is 111 cm³/mol. The number of benzene rings is 1. The summed E-state index contributed by atoms with van der Waals surface area (Å²) in [6.45, 7) is 10.5. The van der Waals surface area contributed by atoms with E-state index < -0.39 is 0 Å². The Kier molecular flexibility index (Phi) is 5.49. The lowest BCUT2D eigenvalue weighted by Gasteiger charge is -2.12. The summed E-state index contributed by atoms with van der Waals surface area (Å²) >= 11 is 0. The molecule has 3 aromatic rings. The van der Waals surface area contributed by atoms with Gasteiger partial charge in [-0.15, -0.1) is 0 Å². The van der Waals surface area contributed by atoms with Crippen molar-refractivity contribution in [3.63, 3.8) is 0 Å². The van der Waals surface area contributed by atoms with Gasteiger partial charge in [-0.1, -0.05) is 37.6 Å². The number of rotatable bonds is 5. The van der Waals surface area contributed by atoms with Crippen molar-refractivity contribution in [1.29, 1.82) is 0 Å². The Labute approximate surface area is 165 Å². The first-order valence-corrected chi connectivity index (χ1v) is 9.42. The topological polar surface area (TPSA) is 75.5 Å². The van der Waals surface area contributed by atoms with Crippen LogP contribution in [0.2, 0.25) is 0 Å². The molecule has 0 aliphatic heterocycles. The van der Waals surface area contributed by atoms with E-state index in [2.05, 4.69) is 15.6 Å². The molecule has 1 aromatic carbocycles. The minimum Gasteiger partial charge on any atom is -0.350 e. The van der Waals surface area contributed by atoms with E-state index in [0.29, 0.717) is 18.0 Å². The molecule has 0 radical (unpaired) electrons. The summed E-state index contributed by atoms with van der Waals surface area (Å²) < 4.78 is 1.65. The smallest absolute Gasteiger partial charge is 0.292 e. The molecule has 0 unspecified atom stereocenters. The second-order valence-electron chi connectivity index (χ2n) is 7.57. The molecular weight excluding hydrogens is 352 g/mol. The van der Waals surface area contributed by atoms with Crippen molar-refractivity contribution in [3.8, 4) is 0 Å². The van der Waals surface area contributed by atoms with Crippen molar-refractivity contribution in [1.82, 2.24) is 14.7 Å². The van der Waals surface area contributed by atoms with E-state index >= 15 is 0 Å². The molecule has 146 valence electrons. The third kappa shape index (κ3) is 3.91. The van der Waals surface area contributed by atoms with Gasteiger partial charge in [-0.2, -0.15) is 0 Å². The molecule has 0 saturated carbocycles. The van der Waals surface area contributed by atoms with E-state index in [-0.39, 0.29) is 23.3 Å². The van der Waals surface area contributed by atoms with E-state index in [0.717, 1.165) is 22.4 Å². The third-order valence-electron chi connectivity index (χ3n) is 4.55. The van der Waals surface area contributed by atoms with Gasteiger partial charge in [0.05, 0.1) is 5.52 Å². The summed E-state index contributed by atoms with van der Waals surface area (Å²) in [6, 6.07) is 9.47. The molecule has 0 aliphatic carbocycles. The second-order valence-corrected chi connectivity index (χ2v) is 7.57. The first-order chi connectivity index (χ1) is 13.3. The maximum atomic E-state index is 13.0. The highest BCUT2D eigenvalue weighted by Crippen LogP contribution is 2.23. The number of amides is 2. The van der Waals surface area contributed by atoms with Gasteiger partial charge in [0, 0.05) is 18.4 Å². The van der Waals surface area contributed by atoms with Gasteiger partial charge in [-0.25, -0.2) is 4.98 Å². The number of hydrogen-bond donors (Lipinski definition) is 2. The fourth-order valence-corrected chi connectivity index (χ4v) is 3.29. The van der Waals surface area contributed by atoms with Gasteiger partial charge < -0.3 is 10.6 Å². The summed E-state index contributed by atoms with van der Waals surface area (Å²) in [7, 11) is 0. The standard InChI is InChI=1S/C22H26N4O2/c1-13(2)12-23-21(27)19-17-8-6-7-9-26(17)20(24-19)22(28)25-18-15(4)10-14(3)11-16(18)5/h6-11,13H,12H2,1-5H3,(H,23,27)(H,25,28). The maximum Gasteiger partial charge on any atom is 0.292 e. The molecule has 2 aromatic heterocycles. The lowest BCUT2D eigenvalue weighted by molar-refractivity contribution is 0.0946. The summed E-state index contributed by atoms with van der Waals surface area (Å²) in [5.41, 5.74) is 4.75. The molecule has 2 amide bonds. The zero-order valence-electron chi connectivity index (χ0n) is 17.0. The monoisotopic (exact) mass is 378 g/mol. The Bertz CT molecular complexity index is 1030. The molecule has 0 spiro atoms. The number of pyridine rings is 1. The molecule has 0 bridgehead atoms. The molecule has 6 nitrogen and oxygen atoms in total. The van der Waals surface area contributed by atoms with Gasteiger partial charge in [-0.3, -0.25) is 14.0 Å².